The number of carbonyl (C=O) groups excluding carboxylic acids is 1. The summed E-state index contributed by atoms with van der Waals surface area (Å²) in [6.45, 7) is 10.8. The highest BCUT2D eigenvalue weighted by Gasteiger charge is 2.51. The van der Waals surface area contributed by atoms with Crippen LogP contribution >= 0.6 is 15.9 Å². The van der Waals surface area contributed by atoms with Gasteiger partial charge >= 0.3 is 5.97 Å². The summed E-state index contributed by atoms with van der Waals surface area (Å²) in [6, 6.07) is 0. The van der Waals surface area contributed by atoms with Crippen LogP contribution in [0.15, 0.2) is 22.7 Å². The molecule has 128 valence electrons. The number of allylic oxidation sites excluding steroid dienone is 1. The summed E-state index contributed by atoms with van der Waals surface area (Å²) in [5.74, 6) is 2.04. The van der Waals surface area contributed by atoms with Crippen molar-refractivity contribution in [3.8, 4) is 0 Å². The molecule has 0 spiro atoms. The van der Waals surface area contributed by atoms with E-state index >= 15 is 0 Å². The van der Waals surface area contributed by atoms with Gasteiger partial charge in [0.25, 0.3) is 0 Å². The molecule has 2 saturated carbocycles. The molecule has 3 rings (SSSR count). The minimum atomic E-state index is -0.188. The first-order valence-corrected chi connectivity index (χ1v) is 9.99. The molecule has 0 N–H and O–H groups in total. The van der Waals surface area contributed by atoms with E-state index in [4.69, 9.17) is 4.74 Å². The van der Waals surface area contributed by atoms with E-state index in [1.54, 1.807) is 5.57 Å². The molecular formula is C20H29BrO2. The molecule has 2 aliphatic carbocycles. The summed E-state index contributed by atoms with van der Waals surface area (Å²) in [5, 5.41) is 0. The molecule has 3 aliphatic rings. The van der Waals surface area contributed by atoms with E-state index in [1.165, 1.54) is 32.1 Å². The summed E-state index contributed by atoms with van der Waals surface area (Å²) >= 11 is 3.59. The highest BCUT2D eigenvalue weighted by molar-refractivity contribution is 9.11. The number of cyclic esters (lactones) is 1. The van der Waals surface area contributed by atoms with Gasteiger partial charge in [-0.15, -0.1) is 0 Å². The molecule has 23 heavy (non-hydrogen) atoms. The van der Waals surface area contributed by atoms with Crippen molar-refractivity contribution in [1.29, 1.82) is 0 Å². The van der Waals surface area contributed by atoms with Crippen LogP contribution in [-0.4, -0.2) is 12.1 Å². The Labute approximate surface area is 148 Å². The number of rotatable bonds is 3. The Morgan fingerprint density at radius 1 is 1.48 bits per heavy atom. The van der Waals surface area contributed by atoms with Crippen molar-refractivity contribution in [1.82, 2.24) is 0 Å². The predicted octanol–water partition coefficient (Wildman–Crippen LogP) is 5.63. The monoisotopic (exact) mass is 380 g/mol. The van der Waals surface area contributed by atoms with Crippen molar-refractivity contribution < 1.29 is 9.53 Å². The molecule has 0 radical (unpaired) electrons. The first-order valence-electron chi connectivity index (χ1n) is 9.07. The van der Waals surface area contributed by atoms with Gasteiger partial charge in [0, 0.05) is 11.5 Å². The number of fused-ring (bicyclic) bond motifs is 1. The molecule has 2 nitrogen and oxygen atoms in total. The first-order chi connectivity index (χ1) is 10.9. The van der Waals surface area contributed by atoms with Crippen molar-refractivity contribution in [3.05, 3.63) is 22.7 Å². The SMILES string of the molecule is C=C1C(=O)O[C@H](C[C@@H](C)[C@H]2CC[C@H]3/C(=C/Br)CCC[C@]23C)[C@@H]1C. The Bertz CT molecular complexity index is 538. The van der Waals surface area contributed by atoms with E-state index in [0.717, 1.165) is 18.3 Å². The van der Waals surface area contributed by atoms with Gasteiger partial charge in [0.05, 0.1) is 0 Å². The minimum absolute atomic E-state index is 0.0300. The fourth-order valence-electron chi connectivity index (χ4n) is 5.65. The lowest BCUT2D eigenvalue weighted by atomic mass is 9.61. The van der Waals surface area contributed by atoms with E-state index < -0.39 is 0 Å². The van der Waals surface area contributed by atoms with Gasteiger partial charge in [-0.3, -0.25) is 0 Å². The van der Waals surface area contributed by atoms with E-state index in [1.807, 2.05) is 0 Å². The molecule has 6 atom stereocenters. The second-order valence-electron chi connectivity index (χ2n) is 8.25. The minimum Gasteiger partial charge on any atom is -0.458 e. The van der Waals surface area contributed by atoms with Crippen LogP contribution in [0.2, 0.25) is 0 Å². The lowest BCUT2D eigenvalue weighted by Gasteiger charge is -2.44. The molecule has 0 bridgehead atoms. The second-order valence-corrected chi connectivity index (χ2v) is 8.71. The zero-order valence-corrected chi connectivity index (χ0v) is 16.2. The first kappa shape index (κ1) is 17.3. The van der Waals surface area contributed by atoms with Crippen molar-refractivity contribution in [2.45, 2.75) is 65.4 Å². The molecule has 3 fully saturated rings. The van der Waals surface area contributed by atoms with Crippen LogP contribution < -0.4 is 0 Å². The Balaban J connectivity index is 1.72. The average molecular weight is 381 g/mol. The largest absolute Gasteiger partial charge is 0.458 e. The van der Waals surface area contributed by atoms with Crippen LogP contribution in [0.5, 0.6) is 0 Å². The van der Waals surface area contributed by atoms with E-state index in [0.29, 0.717) is 16.9 Å². The average Bonchev–Trinajstić information content (AvgIpc) is 2.99. The summed E-state index contributed by atoms with van der Waals surface area (Å²) in [7, 11) is 0. The van der Waals surface area contributed by atoms with Gasteiger partial charge in [0.2, 0.25) is 0 Å². The topological polar surface area (TPSA) is 26.3 Å². The van der Waals surface area contributed by atoms with E-state index in [9.17, 15) is 4.79 Å². The maximum absolute atomic E-state index is 11.7. The van der Waals surface area contributed by atoms with E-state index in [2.05, 4.69) is 48.3 Å². The van der Waals surface area contributed by atoms with Crippen LogP contribution in [-0.2, 0) is 9.53 Å². The summed E-state index contributed by atoms with van der Waals surface area (Å²) in [5.41, 5.74) is 2.68. The third-order valence-corrected chi connectivity index (χ3v) is 7.69. The zero-order chi connectivity index (χ0) is 16.8. The smallest absolute Gasteiger partial charge is 0.334 e. The van der Waals surface area contributed by atoms with Crippen molar-refractivity contribution in [3.63, 3.8) is 0 Å². The predicted molar refractivity (Wildman–Crippen MR) is 97.1 cm³/mol. The number of hydrogen-bond donors (Lipinski definition) is 0. The fourth-order valence-corrected chi connectivity index (χ4v) is 6.20. The lowest BCUT2D eigenvalue weighted by Crippen LogP contribution is -2.37. The molecule has 1 heterocycles. The summed E-state index contributed by atoms with van der Waals surface area (Å²) in [6.07, 6.45) is 7.53. The van der Waals surface area contributed by atoms with Crippen molar-refractivity contribution in [2.75, 3.05) is 0 Å². The number of esters is 1. The second kappa shape index (κ2) is 6.38. The van der Waals surface area contributed by atoms with Crippen LogP contribution in [0, 0.1) is 29.1 Å². The van der Waals surface area contributed by atoms with Crippen LogP contribution in [0.25, 0.3) is 0 Å². The van der Waals surface area contributed by atoms with Crippen LogP contribution in [0.1, 0.15) is 59.3 Å². The summed E-state index contributed by atoms with van der Waals surface area (Å²) < 4.78 is 5.57. The summed E-state index contributed by atoms with van der Waals surface area (Å²) in [4.78, 5) is 13.9. The van der Waals surface area contributed by atoms with E-state index in [-0.39, 0.29) is 18.0 Å². The molecule has 0 aromatic carbocycles. The molecule has 0 aromatic rings. The maximum atomic E-state index is 11.7. The molecule has 3 heteroatoms. The van der Waals surface area contributed by atoms with Crippen molar-refractivity contribution in [2.24, 2.45) is 29.1 Å². The molecule has 1 aliphatic heterocycles. The standard InChI is InChI=1S/C20H29BrO2/c1-12(10-18-13(2)14(3)19(22)23-18)16-7-8-17-15(11-21)6-5-9-20(16,17)4/h11-13,16-18H,3,5-10H2,1-2,4H3/b15-11+/t12-,13-,16-,17+,18-,20-/m1/s1. The normalized spacial score (nSPS) is 43.6. The highest BCUT2D eigenvalue weighted by atomic mass is 79.9. The number of ether oxygens (including phenoxy) is 1. The Kier molecular flexibility index (Phi) is 4.79. The number of carbonyl (C=O) groups is 1. The number of halogens is 1. The van der Waals surface area contributed by atoms with Crippen LogP contribution in [0.4, 0.5) is 0 Å². The Morgan fingerprint density at radius 2 is 2.22 bits per heavy atom. The fraction of sp³-hybridized carbons (Fsp3) is 0.750. The zero-order valence-electron chi connectivity index (χ0n) is 14.6. The third kappa shape index (κ3) is 2.83. The van der Waals surface area contributed by atoms with Gasteiger partial charge in [-0.1, -0.05) is 48.9 Å². The Hall–Kier alpha value is -0.570. The molecule has 0 amide bonds. The van der Waals surface area contributed by atoms with Gasteiger partial charge in [-0.25, -0.2) is 4.79 Å². The van der Waals surface area contributed by atoms with Crippen LogP contribution in [0.3, 0.4) is 0 Å². The molecular weight excluding hydrogens is 352 g/mol. The third-order valence-electron chi connectivity index (χ3n) is 7.10. The Morgan fingerprint density at radius 3 is 2.83 bits per heavy atom. The number of hydrogen-bond acceptors (Lipinski definition) is 2. The molecule has 0 aromatic heterocycles. The van der Waals surface area contributed by atoms with Gasteiger partial charge in [0.1, 0.15) is 6.10 Å². The van der Waals surface area contributed by atoms with Crippen molar-refractivity contribution >= 4 is 21.9 Å². The quantitative estimate of drug-likeness (QED) is 0.468. The van der Waals surface area contributed by atoms with Gasteiger partial charge in [-0.2, -0.15) is 0 Å². The van der Waals surface area contributed by atoms with Gasteiger partial charge in [-0.05, 0) is 66.7 Å². The molecule has 0 unspecified atom stereocenters. The maximum Gasteiger partial charge on any atom is 0.334 e. The van der Waals surface area contributed by atoms with Gasteiger partial charge in [0.15, 0.2) is 0 Å². The van der Waals surface area contributed by atoms with Gasteiger partial charge < -0.3 is 4.74 Å². The highest BCUT2D eigenvalue weighted by Crippen LogP contribution is 2.60. The lowest BCUT2D eigenvalue weighted by molar-refractivity contribution is -0.140. The molecule has 1 saturated heterocycles.